The van der Waals surface area contributed by atoms with Crippen LogP contribution in [0, 0.1) is 5.82 Å². The first-order chi connectivity index (χ1) is 13.7. The molecule has 1 aromatic heterocycles. The number of rotatable bonds is 5. The summed E-state index contributed by atoms with van der Waals surface area (Å²) in [5.74, 6) is -0.241. The van der Waals surface area contributed by atoms with E-state index in [2.05, 4.69) is 10.1 Å². The molecule has 0 fully saturated rings. The zero-order valence-electron chi connectivity index (χ0n) is 14.8. The molecule has 0 saturated heterocycles. The van der Waals surface area contributed by atoms with Gasteiger partial charge in [0.05, 0.1) is 18.8 Å². The van der Waals surface area contributed by atoms with Crippen LogP contribution < -0.4 is 0 Å². The molecule has 140 valence electrons. The van der Waals surface area contributed by atoms with Gasteiger partial charge in [-0.25, -0.2) is 4.39 Å². The highest BCUT2D eigenvalue weighted by molar-refractivity contribution is 5.81. The molecule has 0 spiro atoms. The molecule has 4 rings (SSSR count). The molecular weight excluding hydrogens is 359 g/mol. The highest BCUT2D eigenvalue weighted by atomic mass is 19.1. The van der Waals surface area contributed by atoms with Crippen molar-refractivity contribution in [1.82, 2.24) is 10.1 Å². The number of halogens is 1. The Kier molecular flexibility index (Phi) is 4.97. The fraction of sp³-hybridized carbons (Fsp3) is 0.0909. The van der Waals surface area contributed by atoms with Crippen molar-refractivity contribution in [3.8, 4) is 34.0 Å². The molecule has 0 radical (unpaired) electrons. The fourth-order valence-corrected chi connectivity index (χ4v) is 3.01. The second-order valence-electron chi connectivity index (χ2n) is 6.26. The number of hydrogen-bond acceptors (Lipinski definition) is 5. The summed E-state index contributed by atoms with van der Waals surface area (Å²) in [6.07, 6.45) is 0. The Labute approximate surface area is 160 Å². The molecule has 28 heavy (non-hydrogen) atoms. The lowest BCUT2D eigenvalue weighted by molar-refractivity contribution is 0.276. The van der Waals surface area contributed by atoms with E-state index in [0.717, 1.165) is 11.1 Å². The van der Waals surface area contributed by atoms with Crippen LogP contribution in [0.1, 0.15) is 11.1 Å². The summed E-state index contributed by atoms with van der Waals surface area (Å²) >= 11 is 0. The molecule has 0 aliphatic carbocycles. The average molecular weight is 376 g/mol. The summed E-state index contributed by atoms with van der Waals surface area (Å²) < 4.78 is 20.5. The maximum atomic E-state index is 15.1. The minimum atomic E-state index is -0.588. The summed E-state index contributed by atoms with van der Waals surface area (Å²) in [5, 5.41) is 22.6. The van der Waals surface area contributed by atoms with Gasteiger partial charge in [-0.05, 0) is 16.7 Å². The van der Waals surface area contributed by atoms with Crippen molar-refractivity contribution in [2.75, 3.05) is 0 Å². The second kappa shape index (κ2) is 7.72. The third kappa shape index (κ3) is 3.31. The Morgan fingerprint density at radius 1 is 0.821 bits per heavy atom. The molecular formula is C22H17FN2O3. The van der Waals surface area contributed by atoms with E-state index in [1.165, 1.54) is 0 Å². The van der Waals surface area contributed by atoms with Crippen molar-refractivity contribution in [2.24, 2.45) is 0 Å². The fourth-order valence-electron chi connectivity index (χ4n) is 3.01. The van der Waals surface area contributed by atoms with E-state index >= 15 is 4.39 Å². The van der Waals surface area contributed by atoms with E-state index in [9.17, 15) is 5.11 Å². The van der Waals surface area contributed by atoms with Crippen molar-refractivity contribution in [1.29, 1.82) is 0 Å². The lowest BCUT2D eigenvalue weighted by atomic mass is 9.96. The first-order valence-corrected chi connectivity index (χ1v) is 8.73. The Bertz CT molecular complexity index is 1090. The summed E-state index contributed by atoms with van der Waals surface area (Å²) in [4.78, 5) is 4.37. The molecule has 0 aliphatic heterocycles. The molecule has 6 heteroatoms. The van der Waals surface area contributed by atoms with Crippen molar-refractivity contribution in [2.45, 2.75) is 13.2 Å². The van der Waals surface area contributed by atoms with Crippen LogP contribution in [-0.4, -0.2) is 20.4 Å². The summed E-state index contributed by atoms with van der Waals surface area (Å²) in [6, 6.07) is 19.6. The predicted molar refractivity (Wildman–Crippen MR) is 102 cm³/mol. The van der Waals surface area contributed by atoms with Gasteiger partial charge in [-0.2, -0.15) is 4.98 Å². The minimum Gasteiger partial charge on any atom is -0.392 e. The predicted octanol–water partition coefficient (Wildman–Crippen LogP) is 4.19. The van der Waals surface area contributed by atoms with Gasteiger partial charge in [-0.1, -0.05) is 71.9 Å². The van der Waals surface area contributed by atoms with Crippen LogP contribution in [-0.2, 0) is 13.2 Å². The number of aliphatic hydroxyl groups excluding tert-OH is 2. The molecule has 4 aromatic rings. The van der Waals surface area contributed by atoms with Gasteiger partial charge in [0.15, 0.2) is 0 Å². The lowest BCUT2D eigenvalue weighted by Crippen LogP contribution is -1.97. The van der Waals surface area contributed by atoms with Crippen LogP contribution in [0.4, 0.5) is 4.39 Å². The molecule has 0 saturated carbocycles. The Morgan fingerprint density at radius 3 is 2.25 bits per heavy atom. The van der Waals surface area contributed by atoms with Crippen LogP contribution in [0.15, 0.2) is 71.3 Å². The van der Waals surface area contributed by atoms with Gasteiger partial charge in [0.25, 0.3) is 5.89 Å². The summed E-state index contributed by atoms with van der Waals surface area (Å²) in [5.41, 5.74) is 3.16. The maximum absolute atomic E-state index is 15.1. The average Bonchev–Trinajstić information content (AvgIpc) is 3.24. The normalized spacial score (nSPS) is 11.0. The molecule has 0 unspecified atom stereocenters. The van der Waals surface area contributed by atoms with E-state index in [4.69, 9.17) is 9.63 Å². The molecule has 1 heterocycles. The zero-order valence-corrected chi connectivity index (χ0v) is 14.8. The van der Waals surface area contributed by atoms with Crippen LogP contribution >= 0.6 is 0 Å². The van der Waals surface area contributed by atoms with Gasteiger partial charge in [-0.3, -0.25) is 0 Å². The molecule has 2 N–H and O–H groups in total. The SMILES string of the molecule is OCc1ccc(-c2noc(-c3c(-c4ccccc4)ccc(CO)c3F)n2)cc1. The van der Waals surface area contributed by atoms with Crippen molar-refractivity contribution in [3.05, 3.63) is 83.7 Å². The smallest absolute Gasteiger partial charge is 0.261 e. The molecule has 3 aromatic carbocycles. The molecule has 0 aliphatic rings. The van der Waals surface area contributed by atoms with Crippen molar-refractivity contribution >= 4 is 0 Å². The number of aliphatic hydroxyl groups is 2. The summed E-state index contributed by atoms with van der Waals surface area (Å²) in [6.45, 7) is -0.491. The van der Waals surface area contributed by atoms with Gasteiger partial charge in [0.1, 0.15) is 5.82 Å². The third-order valence-electron chi connectivity index (χ3n) is 4.51. The van der Waals surface area contributed by atoms with Crippen molar-refractivity contribution in [3.63, 3.8) is 0 Å². The largest absolute Gasteiger partial charge is 0.392 e. The van der Waals surface area contributed by atoms with Gasteiger partial charge in [0.2, 0.25) is 5.82 Å². The van der Waals surface area contributed by atoms with E-state index in [1.54, 1.807) is 36.4 Å². The van der Waals surface area contributed by atoms with Gasteiger partial charge in [0, 0.05) is 11.1 Å². The van der Waals surface area contributed by atoms with E-state index in [1.807, 2.05) is 30.3 Å². The number of aromatic nitrogens is 2. The van der Waals surface area contributed by atoms with Crippen LogP contribution in [0.25, 0.3) is 34.0 Å². The highest BCUT2D eigenvalue weighted by Crippen LogP contribution is 2.35. The third-order valence-corrected chi connectivity index (χ3v) is 4.51. The molecule has 0 bridgehead atoms. The van der Waals surface area contributed by atoms with Gasteiger partial charge in [-0.15, -0.1) is 0 Å². The van der Waals surface area contributed by atoms with Gasteiger partial charge < -0.3 is 14.7 Å². The van der Waals surface area contributed by atoms with E-state index in [-0.39, 0.29) is 23.6 Å². The Balaban J connectivity index is 1.83. The number of nitrogens with zero attached hydrogens (tertiary/aromatic N) is 2. The van der Waals surface area contributed by atoms with E-state index < -0.39 is 12.4 Å². The van der Waals surface area contributed by atoms with E-state index in [0.29, 0.717) is 17.0 Å². The summed E-state index contributed by atoms with van der Waals surface area (Å²) in [7, 11) is 0. The number of hydrogen-bond donors (Lipinski definition) is 2. The molecule has 0 atom stereocenters. The lowest BCUT2D eigenvalue weighted by Gasteiger charge is -2.10. The standard InChI is InChI=1S/C22H17FN2O3/c23-20-17(13-27)10-11-18(15-4-2-1-3-5-15)19(20)22-24-21(25-28-22)16-8-6-14(12-26)7-9-16/h1-11,26-27H,12-13H2. The first-order valence-electron chi connectivity index (χ1n) is 8.73. The second-order valence-corrected chi connectivity index (χ2v) is 6.26. The van der Waals surface area contributed by atoms with Crippen LogP contribution in [0.3, 0.4) is 0 Å². The Morgan fingerprint density at radius 2 is 1.57 bits per heavy atom. The first kappa shape index (κ1) is 18.0. The van der Waals surface area contributed by atoms with Crippen molar-refractivity contribution < 1.29 is 19.1 Å². The monoisotopic (exact) mass is 376 g/mol. The topological polar surface area (TPSA) is 79.4 Å². The Hall–Kier alpha value is -3.35. The van der Waals surface area contributed by atoms with Crippen LogP contribution in [0.2, 0.25) is 0 Å². The highest BCUT2D eigenvalue weighted by Gasteiger charge is 2.22. The number of benzene rings is 3. The maximum Gasteiger partial charge on any atom is 0.261 e. The minimum absolute atomic E-state index is 0.0351. The molecule has 5 nitrogen and oxygen atoms in total. The van der Waals surface area contributed by atoms with Crippen LogP contribution in [0.5, 0.6) is 0 Å². The quantitative estimate of drug-likeness (QED) is 0.546. The van der Waals surface area contributed by atoms with Gasteiger partial charge >= 0.3 is 0 Å². The zero-order chi connectivity index (χ0) is 19.5. The molecule has 0 amide bonds.